The van der Waals surface area contributed by atoms with Crippen LogP contribution in [0.2, 0.25) is 0 Å². The Balaban J connectivity index is 1.46. The first kappa shape index (κ1) is 23.1. The van der Waals surface area contributed by atoms with Gasteiger partial charge in [-0.3, -0.25) is 4.90 Å². The second-order valence-corrected chi connectivity index (χ2v) is 8.17. The number of rotatable bonds is 12. The van der Waals surface area contributed by atoms with Crippen LogP contribution < -0.4 is 14.2 Å². The number of hydrogen-bond acceptors (Lipinski definition) is 6. The SMILES string of the molecule is COc1cc(CN(C)CC(O)COc2ccc(Br)cc2)ccc1OCCn1ccnc1. The number of aromatic nitrogens is 2. The van der Waals surface area contributed by atoms with Gasteiger partial charge in [-0.15, -0.1) is 0 Å². The monoisotopic (exact) mass is 489 g/mol. The molecular formula is C23H28BrN3O4. The second-order valence-electron chi connectivity index (χ2n) is 7.25. The molecule has 0 bridgehead atoms. The molecule has 0 fully saturated rings. The molecule has 1 unspecified atom stereocenters. The van der Waals surface area contributed by atoms with Crippen LogP contribution in [0, 0.1) is 0 Å². The number of ether oxygens (including phenoxy) is 3. The summed E-state index contributed by atoms with van der Waals surface area (Å²) in [7, 11) is 3.60. The van der Waals surface area contributed by atoms with Gasteiger partial charge in [-0.2, -0.15) is 0 Å². The van der Waals surface area contributed by atoms with Crippen molar-refractivity contribution in [2.75, 3.05) is 33.9 Å². The number of imidazole rings is 1. The molecule has 166 valence electrons. The van der Waals surface area contributed by atoms with Gasteiger partial charge >= 0.3 is 0 Å². The number of benzene rings is 2. The van der Waals surface area contributed by atoms with Gasteiger partial charge in [0.05, 0.1) is 20.0 Å². The Morgan fingerprint density at radius 3 is 2.65 bits per heavy atom. The van der Waals surface area contributed by atoms with Crippen molar-refractivity contribution in [1.29, 1.82) is 0 Å². The summed E-state index contributed by atoms with van der Waals surface area (Å²) in [5.74, 6) is 2.13. The highest BCUT2D eigenvalue weighted by atomic mass is 79.9. The molecule has 1 N–H and O–H groups in total. The number of hydrogen-bond donors (Lipinski definition) is 1. The van der Waals surface area contributed by atoms with Crippen molar-refractivity contribution in [3.63, 3.8) is 0 Å². The Bertz CT molecular complexity index is 919. The van der Waals surface area contributed by atoms with E-state index in [2.05, 4.69) is 20.9 Å². The van der Waals surface area contributed by atoms with Crippen LogP contribution in [0.3, 0.4) is 0 Å². The highest BCUT2D eigenvalue weighted by Gasteiger charge is 2.12. The van der Waals surface area contributed by atoms with Crippen LogP contribution >= 0.6 is 15.9 Å². The van der Waals surface area contributed by atoms with Crippen LogP contribution in [0.5, 0.6) is 17.2 Å². The lowest BCUT2D eigenvalue weighted by Gasteiger charge is -2.21. The first-order chi connectivity index (χ1) is 15.0. The van der Waals surface area contributed by atoms with Crippen molar-refractivity contribution in [3.8, 4) is 17.2 Å². The number of aliphatic hydroxyl groups is 1. The van der Waals surface area contributed by atoms with Crippen LogP contribution in [0.25, 0.3) is 0 Å². The van der Waals surface area contributed by atoms with Gasteiger partial charge in [0.25, 0.3) is 0 Å². The van der Waals surface area contributed by atoms with E-state index in [1.807, 2.05) is 65.2 Å². The zero-order valence-electron chi connectivity index (χ0n) is 17.8. The average Bonchev–Trinajstić information content (AvgIpc) is 3.27. The third kappa shape index (κ3) is 7.57. The van der Waals surface area contributed by atoms with E-state index in [0.717, 1.165) is 15.8 Å². The summed E-state index contributed by atoms with van der Waals surface area (Å²) in [6, 6.07) is 13.4. The first-order valence-electron chi connectivity index (χ1n) is 10.0. The van der Waals surface area contributed by atoms with E-state index in [0.29, 0.717) is 37.7 Å². The van der Waals surface area contributed by atoms with Crippen LogP contribution in [0.1, 0.15) is 5.56 Å². The van der Waals surface area contributed by atoms with E-state index in [4.69, 9.17) is 14.2 Å². The molecule has 3 rings (SSSR count). The van der Waals surface area contributed by atoms with Gasteiger partial charge < -0.3 is 23.9 Å². The summed E-state index contributed by atoms with van der Waals surface area (Å²) in [6.45, 7) is 2.63. The molecule has 3 aromatic rings. The average molecular weight is 490 g/mol. The Kier molecular flexibility index (Phi) is 8.75. The van der Waals surface area contributed by atoms with Gasteiger partial charge in [-0.05, 0) is 49.0 Å². The second kappa shape index (κ2) is 11.7. The van der Waals surface area contributed by atoms with Crippen LogP contribution in [0.4, 0.5) is 0 Å². The molecule has 0 spiro atoms. The van der Waals surface area contributed by atoms with Crippen molar-refractivity contribution >= 4 is 15.9 Å². The highest BCUT2D eigenvalue weighted by Crippen LogP contribution is 2.28. The maximum absolute atomic E-state index is 10.3. The standard InChI is InChI=1S/C23H28BrN3O4/c1-26(15-20(28)16-31-21-6-4-19(24)5-7-21)14-18-3-8-22(23(13-18)29-2)30-12-11-27-10-9-25-17-27/h3-10,13,17,20,28H,11-12,14-16H2,1-2H3. The Labute approximate surface area is 191 Å². The fourth-order valence-corrected chi connectivity index (χ4v) is 3.39. The summed E-state index contributed by atoms with van der Waals surface area (Å²) in [4.78, 5) is 6.07. The summed E-state index contributed by atoms with van der Waals surface area (Å²) >= 11 is 3.39. The van der Waals surface area contributed by atoms with Gasteiger partial charge in [0.1, 0.15) is 25.1 Å². The molecule has 2 aromatic carbocycles. The summed E-state index contributed by atoms with van der Waals surface area (Å²) in [5.41, 5.74) is 1.07. The molecule has 0 radical (unpaired) electrons. The summed E-state index contributed by atoms with van der Waals surface area (Å²) in [5, 5.41) is 10.3. The zero-order valence-corrected chi connectivity index (χ0v) is 19.4. The Morgan fingerprint density at radius 1 is 1.13 bits per heavy atom. The first-order valence-corrected chi connectivity index (χ1v) is 10.8. The van der Waals surface area contributed by atoms with Crippen LogP contribution in [-0.2, 0) is 13.1 Å². The molecule has 31 heavy (non-hydrogen) atoms. The van der Waals surface area contributed by atoms with Crippen molar-refractivity contribution in [2.45, 2.75) is 19.2 Å². The fourth-order valence-electron chi connectivity index (χ4n) is 3.12. The molecule has 0 aliphatic rings. The third-order valence-corrected chi connectivity index (χ3v) is 5.15. The maximum atomic E-state index is 10.3. The van der Waals surface area contributed by atoms with Gasteiger partial charge in [-0.25, -0.2) is 4.98 Å². The van der Waals surface area contributed by atoms with E-state index < -0.39 is 6.10 Å². The third-order valence-electron chi connectivity index (χ3n) is 4.63. The lowest BCUT2D eigenvalue weighted by Crippen LogP contribution is -2.32. The smallest absolute Gasteiger partial charge is 0.161 e. The van der Waals surface area contributed by atoms with E-state index in [9.17, 15) is 5.11 Å². The molecule has 0 aliphatic heterocycles. The van der Waals surface area contributed by atoms with Crippen molar-refractivity contribution < 1.29 is 19.3 Å². The molecular weight excluding hydrogens is 462 g/mol. The van der Waals surface area contributed by atoms with Gasteiger partial charge in [0.2, 0.25) is 0 Å². The number of methoxy groups -OCH3 is 1. The lowest BCUT2D eigenvalue weighted by molar-refractivity contribution is 0.0743. The van der Waals surface area contributed by atoms with Crippen LogP contribution in [-0.4, -0.2) is 59.6 Å². The molecule has 8 heteroatoms. The summed E-state index contributed by atoms with van der Waals surface area (Å²) < 4.78 is 20.0. The topological polar surface area (TPSA) is 69.0 Å². The predicted octanol–water partition coefficient (Wildman–Crippen LogP) is 3.60. The minimum Gasteiger partial charge on any atom is -0.493 e. The summed E-state index contributed by atoms with van der Waals surface area (Å²) in [6.07, 6.45) is 4.81. The number of likely N-dealkylation sites (N-methyl/N-ethyl adjacent to an activating group) is 1. The minimum atomic E-state index is -0.596. The molecule has 1 atom stereocenters. The largest absolute Gasteiger partial charge is 0.493 e. The Hall–Kier alpha value is -2.55. The van der Waals surface area contributed by atoms with Gasteiger partial charge in [0, 0.05) is 30.0 Å². The highest BCUT2D eigenvalue weighted by molar-refractivity contribution is 9.10. The molecule has 0 amide bonds. The molecule has 0 saturated carbocycles. The normalized spacial score (nSPS) is 12.0. The number of aliphatic hydroxyl groups excluding tert-OH is 1. The van der Waals surface area contributed by atoms with Crippen LogP contribution in [0.15, 0.2) is 65.7 Å². The van der Waals surface area contributed by atoms with Crippen molar-refractivity contribution in [1.82, 2.24) is 14.5 Å². The molecule has 1 heterocycles. The van der Waals surface area contributed by atoms with Crippen molar-refractivity contribution in [3.05, 3.63) is 71.2 Å². The van der Waals surface area contributed by atoms with E-state index in [-0.39, 0.29) is 6.61 Å². The Morgan fingerprint density at radius 2 is 1.94 bits per heavy atom. The fraction of sp³-hybridized carbons (Fsp3) is 0.348. The van der Waals surface area contributed by atoms with E-state index in [1.165, 1.54) is 0 Å². The molecule has 1 aromatic heterocycles. The zero-order chi connectivity index (χ0) is 22.1. The molecule has 0 aliphatic carbocycles. The van der Waals surface area contributed by atoms with Gasteiger partial charge in [0.15, 0.2) is 11.5 Å². The maximum Gasteiger partial charge on any atom is 0.161 e. The van der Waals surface area contributed by atoms with E-state index >= 15 is 0 Å². The minimum absolute atomic E-state index is 0.235. The van der Waals surface area contributed by atoms with Crippen molar-refractivity contribution in [2.24, 2.45) is 0 Å². The van der Waals surface area contributed by atoms with Gasteiger partial charge in [-0.1, -0.05) is 22.0 Å². The van der Waals surface area contributed by atoms with E-state index in [1.54, 1.807) is 19.6 Å². The molecule has 7 nitrogen and oxygen atoms in total. The quantitative estimate of drug-likeness (QED) is 0.419. The number of halogens is 1. The predicted molar refractivity (Wildman–Crippen MR) is 123 cm³/mol. The number of nitrogens with zero attached hydrogens (tertiary/aromatic N) is 3. The lowest BCUT2D eigenvalue weighted by atomic mass is 10.2. The molecule has 0 saturated heterocycles.